The van der Waals surface area contributed by atoms with Crippen LogP contribution in [0.3, 0.4) is 0 Å². The first-order chi connectivity index (χ1) is 7.25. The lowest BCUT2D eigenvalue weighted by atomic mass is 10.0. The molecule has 2 aromatic rings. The first-order valence-corrected chi connectivity index (χ1v) is 5.38. The Morgan fingerprint density at radius 3 is 2.93 bits per heavy atom. The Morgan fingerprint density at radius 1 is 1.27 bits per heavy atom. The monoisotopic (exact) mass is 198 g/mol. The summed E-state index contributed by atoms with van der Waals surface area (Å²) in [6, 6.07) is 10.5. The molecule has 0 saturated heterocycles. The standard InChI is InChI=1S/C13H14N2/c14-13(5-6-13)9-10-3-4-12-11(8-10)2-1-7-15-12/h1-4,7-8H,5-6,9,14H2. The van der Waals surface area contributed by atoms with Gasteiger partial charge in [0, 0.05) is 17.1 Å². The topological polar surface area (TPSA) is 38.9 Å². The highest BCUT2D eigenvalue weighted by Gasteiger charge is 2.37. The molecule has 1 aliphatic rings. The van der Waals surface area contributed by atoms with E-state index in [1.807, 2.05) is 12.3 Å². The van der Waals surface area contributed by atoms with Crippen molar-refractivity contribution in [2.45, 2.75) is 24.8 Å². The summed E-state index contributed by atoms with van der Waals surface area (Å²) in [5.41, 5.74) is 8.59. The molecule has 15 heavy (non-hydrogen) atoms. The molecule has 3 rings (SSSR count). The zero-order valence-electron chi connectivity index (χ0n) is 8.61. The van der Waals surface area contributed by atoms with Crippen molar-refractivity contribution >= 4 is 10.9 Å². The van der Waals surface area contributed by atoms with Crippen LogP contribution in [0.5, 0.6) is 0 Å². The highest BCUT2D eigenvalue weighted by Crippen LogP contribution is 2.35. The van der Waals surface area contributed by atoms with Crippen molar-refractivity contribution in [1.29, 1.82) is 0 Å². The molecule has 1 heterocycles. The summed E-state index contributed by atoms with van der Waals surface area (Å²) in [7, 11) is 0. The van der Waals surface area contributed by atoms with Crippen LogP contribution in [0, 0.1) is 0 Å². The summed E-state index contributed by atoms with van der Waals surface area (Å²) in [5.74, 6) is 0. The lowest BCUT2D eigenvalue weighted by molar-refractivity contribution is 0.673. The largest absolute Gasteiger partial charge is 0.325 e. The van der Waals surface area contributed by atoms with Crippen LogP contribution in [0.15, 0.2) is 36.5 Å². The van der Waals surface area contributed by atoms with Gasteiger partial charge in [0.1, 0.15) is 0 Å². The number of hydrogen-bond donors (Lipinski definition) is 1. The van der Waals surface area contributed by atoms with E-state index in [4.69, 9.17) is 5.73 Å². The number of nitrogens with two attached hydrogens (primary N) is 1. The maximum Gasteiger partial charge on any atom is 0.0702 e. The Balaban J connectivity index is 1.99. The van der Waals surface area contributed by atoms with Gasteiger partial charge in [-0.2, -0.15) is 0 Å². The van der Waals surface area contributed by atoms with Crippen LogP contribution in [0.25, 0.3) is 10.9 Å². The average molecular weight is 198 g/mol. The molecule has 0 atom stereocenters. The fourth-order valence-corrected chi connectivity index (χ4v) is 1.98. The predicted octanol–water partition coefficient (Wildman–Crippen LogP) is 2.27. The Bertz CT molecular complexity index is 501. The van der Waals surface area contributed by atoms with E-state index < -0.39 is 0 Å². The molecule has 1 aromatic carbocycles. The third-order valence-electron chi connectivity index (χ3n) is 3.12. The molecule has 2 N–H and O–H groups in total. The normalized spacial score (nSPS) is 17.9. The molecule has 2 nitrogen and oxygen atoms in total. The Kier molecular flexibility index (Phi) is 1.80. The van der Waals surface area contributed by atoms with Gasteiger partial charge in [0.25, 0.3) is 0 Å². The first-order valence-electron chi connectivity index (χ1n) is 5.38. The van der Waals surface area contributed by atoms with Crippen LogP contribution in [0.4, 0.5) is 0 Å². The second kappa shape index (κ2) is 3.04. The number of benzene rings is 1. The van der Waals surface area contributed by atoms with Crippen molar-refractivity contribution in [3.8, 4) is 0 Å². The first kappa shape index (κ1) is 8.86. The van der Waals surface area contributed by atoms with E-state index in [-0.39, 0.29) is 5.54 Å². The minimum atomic E-state index is 0.0931. The van der Waals surface area contributed by atoms with Crippen molar-refractivity contribution in [3.05, 3.63) is 42.1 Å². The number of nitrogens with zero attached hydrogens (tertiary/aromatic N) is 1. The molecule has 1 aliphatic carbocycles. The second-order valence-electron chi connectivity index (χ2n) is 4.57. The van der Waals surface area contributed by atoms with E-state index in [1.165, 1.54) is 10.9 Å². The number of aromatic nitrogens is 1. The highest BCUT2D eigenvalue weighted by molar-refractivity contribution is 5.78. The van der Waals surface area contributed by atoms with E-state index in [0.29, 0.717) is 0 Å². The molecule has 76 valence electrons. The molecule has 0 unspecified atom stereocenters. The number of fused-ring (bicyclic) bond motifs is 1. The lowest BCUT2D eigenvalue weighted by Gasteiger charge is -2.08. The third-order valence-corrected chi connectivity index (χ3v) is 3.12. The quantitative estimate of drug-likeness (QED) is 0.804. The fourth-order valence-electron chi connectivity index (χ4n) is 1.98. The van der Waals surface area contributed by atoms with Crippen LogP contribution in [0.1, 0.15) is 18.4 Å². The van der Waals surface area contributed by atoms with Crippen molar-refractivity contribution < 1.29 is 0 Å². The maximum atomic E-state index is 6.11. The highest BCUT2D eigenvalue weighted by atomic mass is 14.8. The Morgan fingerprint density at radius 2 is 2.13 bits per heavy atom. The van der Waals surface area contributed by atoms with Gasteiger partial charge in [-0.15, -0.1) is 0 Å². The Labute approximate surface area is 89.1 Å². The molecule has 0 spiro atoms. The van der Waals surface area contributed by atoms with Crippen LogP contribution in [-0.2, 0) is 6.42 Å². The lowest BCUT2D eigenvalue weighted by Crippen LogP contribution is -2.24. The zero-order chi connectivity index (χ0) is 10.3. The molecule has 1 saturated carbocycles. The van der Waals surface area contributed by atoms with Gasteiger partial charge >= 0.3 is 0 Å². The molecular weight excluding hydrogens is 184 g/mol. The molecule has 0 aliphatic heterocycles. The van der Waals surface area contributed by atoms with Gasteiger partial charge in [0.15, 0.2) is 0 Å². The molecule has 0 amide bonds. The minimum Gasteiger partial charge on any atom is -0.325 e. The summed E-state index contributed by atoms with van der Waals surface area (Å²) < 4.78 is 0. The van der Waals surface area contributed by atoms with E-state index in [0.717, 1.165) is 24.8 Å². The van der Waals surface area contributed by atoms with Crippen LogP contribution in [-0.4, -0.2) is 10.5 Å². The maximum absolute atomic E-state index is 6.11. The zero-order valence-corrected chi connectivity index (χ0v) is 8.61. The van der Waals surface area contributed by atoms with Gasteiger partial charge in [-0.3, -0.25) is 4.98 Å². The van der Waals surface area contributed by atoms with Crippen molar-refractivity contribution in [3.63, 3.8) is 0 Å². The average Bonchev–Trinajstić information content (AvgIpc) is 2.96. The molecular formula is C13H14N2. The van der Waals surface area contributed by atoms with Crippen LogP contribution < -0.4 is 5.73 Å². The Hall–Kier alpha value is -1.41. The third kappa shape index (κ3) is 1.73. The molecule has 1 aromatic heterocycles. The smallest absolute Gasteiger partial charge is 0.0702 e. The van der Waals surface area contributed by atoms with Gasteiger partial charge in [-0.1, -0.05) is 12.1 Å². The van der Waals surface area contributed by atoms with Gasteiger partial charge in [0.2, 0.25) is 0 Å². The molecule has 0 radical (unpaired) electrons. The summed E-state index contributed by atoms with van der Waals surface area (Å²) in [6.07, 6.45) is 5.15. The van der Waals surface area contributed by atoms with E-state index in [1.54, 1.807) is 0 Å². The SMILES string of the molecule is NC1(Cc2ccc3ncccc3c2)CC1. The molecule has 2 heteroatoms. The van der Waals surface area contributed by atoms with Gasteiger partial charge in [0.05, 0.1) is 5.52 Å². The van der Waals surface area contributed by atoms with Crippen LogP contribution in [0.2, 0.25) is 0 Å². The van der Waals surface area contributed by atoms with Crippen molar-refractivity contribution in [2.24, 2.45) is 5.73 Å². The van der Waals surface area contributed by atoms with Crippen molar-refractivity contribution in [2.75, 3.05) is 0 Å². The van der Waals surface area contributed by atoms with Gasteiger partial charge in [-0.25, -0.2) is 0 Å². The summed E-state index contributed by atoms with van der Waals surface area (Å²) in [5, 5.41) is 1.21. The second-order valence-corrected chi connectivity index (χ2v) is 4.57. The van der Waals surface area contributed by atoms with E-state index >= 15 is 0 Å². The van der Waals surface area contributed by atoms with Crippen LogP contribution >= 0.6 is 0 Å². The predicted molar refractivity (Wildman–Crippen MR) is 61.6 cm³/mol. The molecule has 0 bridgehead atoms. The summed E-state index contributed by atoms with van der Waals surface area (Å²) in [6.45, 7) is 0. The van der Waals surface area contributed by atoms with Crippen molar-refractivity contribution in [1.82, 2.24) is 4.98 Å². The number of pyridine rings is 1. The molecule has 1 fully saturated rings. The summed E-state index contributed by atoms with van der Waals surface area (Å²) >= 11 is 0. The van der Waals surface area contributed by atoms with E-state index in [2.05, 4.69) is 29.2 Å². The number of hydrogen-bond acceptors (Lipinski definition) is 2. The van der Waals surface area contributed by atoms with Gasteiger partial charge < -0.3 is 5.73 Å². The minimum absolute atomic E-state index is 0.0931. The van der Waals surface area contributed by atoms with Gasteiger partial charge in [-0.05, 0) is 43.0 Å². The number of rotatable bonds is 2. The summed E-state index contributed by atoms with van der Waals surface area (Å²) in [4.78, 5) is 4.30. The fraction of sp³-hybridized carbons (Fsp3) is 0.308. The van der Waals surface area contributed by atoms with E-state index in [9.17, 15) is 0 Å².